The van der Waals surface area contributed by atoms with Crippen LogP contribution in [0, 0.1) is 0 Å². The van der Waals surface area contributed by atoms with Crippen LogP contribution in [0.2, 0.25) is 0 Å². The van der Waals surface area contributed by atoms with Crippen LogP contribution in [0.5, 0.6) is 0 Å². The van der Waals surface area contributed by atoms with Gasteiger partial charge in [0.1, 0.15) is 6.10 Å². The quantitative estimate of drug-likeness (QED) is 0.0366. The van der Waals surface area contributed by atoms with Gasteiger partial charge in [-0.25, -0.2) is 0 Å². The number of allylic oxidation sites excluding steroid dienone is 4. The lowest BCUT2D eigenvalue weighted by Gasteiger charge is -2.23. The molecular formula is C50H97NO4. The van der Waals surface area contributed by atoms with Crippen molar-refractivity contribution in [3.8, 4) is 0 Å². The summed E-state index contributed by atoms with van der Waals surface area (Å²) in [6, 6.07) is -0.713. The van der Waals surface area contributed by atoms with Crippen LogP contribution in [-0.4, -0.2) is 46.1 Å². The van der Waals surface area contributed by atoms with E-state index >= 15 is 0 Å². The van der Waals surface area contributed by atoms with Gasteiger partial charge in [0.25, 0.3) is 0 Å². The van der Waals surface area contributed by atoms with Crippen molar-refractivity contribution in [2.45, 2.75) is 283 Å². The molecule has 3 atom stereocenters. The molecule has 0 heterocycles. The molecule has 5 heteroatoms. The minimum atomic E-state index is -1.08. The lowest BCUT2D eigenvalue weighted by Crippen LogP contribution is -2.49. The van der Waals surface area contributed by atoms with E-state index in [1.54, 1.807) is 0 Å². The van der Waals surface area contributed by atoms with Crippen molar-refractivity contribution in [3.63, 3.8) is 0 Å². The third kappa shape index (κ3) is 40.8. The highest BCUT2D eigenvalue weighted by Gasteiger charge is 2.23. The van der Waals surface area contributed by atoms with Crippen molar-refractivity contribution in [2.75, 3.05) is 6.61 Å². The van der Waals surface area contributed by atoms with Gasteiger partial charge >= 0.3 is 0 Å². The predicted molar refractivity (Wildman–Crippen MR) is 241 cm³/mol. The summed E-state index contributed by atoms with van der Waals surface area (Å²) >= 11 is 0. The van der Waals surface area contributed by atoms with Crippen LogP contribution in [0.1, 0.15) is 264 Å². The Kier molecular flexibility index (Phi) is 44.6. The van der Waals surface area contributed by atoms with Crippen molar-refractivity contribution in [1.82, 2.24) is 5.32 Å². The number of rotatable bonds is 45. The first-order valence-corrected chi connectivity index (χ1v) is 24.6. The van der Waals surface area contributed by atoms with Gasteiger partial charge in [-0.3, -0.25) is 4.79 Å². The molecule has 1 amide bonds. The average Bonchev–Trinajstić information content (AvgIpc) is 3.19. The topological polar surface area (TPSA) is 89.8 Å². The Morgan fingerprint density at radius 1 is 0.436 bits per heavy atom. The summed E-state index contributed by atoms with van der Waals surface area (Å²) < 4.78 is 0. The van der Waals surface area contributed by atoms with E-state index in [2.05, 4.69) is 43.5 Å². The number of amides is 1. The number of hydrogen-bond acceptors (Lipinski definition) is 4. The van der Waals surface area contributed by atoms with Crippen molar-refractivity contribution in [1.29, 1.82) is 0 Å². The Morgan fingerprint density at radius 2 is 0.745 bits per heavy atom. The van der Waals surface area contributed by atoms with Crippen molar-refractivity contribution >= 4 is 5.91 Å². The van der Waals surface area contributed by atoms with Gasteiger partial charge in [-0.15, -0.1) is 0 Å². The molecular weight excluding hydrogens is 679 g/mol. The zero-order chi connectivity index (χ0) is 40.1. The maximum atomic E-state index is 12.5. The Labute approximate surface area is 343 Å². The summed E-state index contributed by atoms with van der Waals surface area (Å²) in [6.07, 6.45) is 56.2. The van der Waals surface area contributed by atoms with Crippen LogP contribution in [0.15, 0.2) is 24.3 Å². The molecule has 326 valence electrons. The molecule has 3 unspecified atom stereocenters. The molecule has 55 heavy (non-hydrogen) atoms. The van der Waals surface area contributed by atoms with Crippen LogP contribution < -0.4 is 5.32 Å². The van der Waals surface area contributed by atoms with Crippen molar-refractivity contribution in [3.05, 3.63) is 24.3 Å². The van der Waals surface area contributed by atoms with E-state index in [4.69, 9.17) is 0 Å². The molecule has 0 aromatic rings. The first-order chi connectivity index (χ1) is 27.1. The first-order valence-electron chi connectivity index (χ1n) is 24.6. The Hall–Kier alpha value is -1.17. The molecule has 0 spiro atoms. The maximum Gasteiger partial charge on any atom is 0.249 e. The molecule has 0 fully saturated rings. The summed E-state index contributed by atoms with van der Waals surface area (Å²) in [6.45, 7) is 4.25. The number of carbonyl (C=O) groups excluding carboxylic acids is 1. The second-order valence-electron chi connectivity index (χ2n) is 17.0. The smallest absolute Gasteiger partial charge is 0.249 e. The molecule has 4 N–H and O–H groups in total. The first kappa shape index (κ1) is 53.8. The van der Waals surface area contributed by atoms with Gasteiger partial charge in [0.05, 0.1) is 18.8 Å². The molecule has 0 bridgehead atoms. The standard InChI is InChI=1S/C50H97NO4/c1-3-5-7-9-11-13-15-17-19-21-22-23-24-25-26-27-29-31-33-35-37-39-41-43-45-49(54)50(55)51-47(46-52)48(53)44-42-40-38-36-34-32-30-28-20-18-16-14-12-10-8-6-4-2/h22-23,25-26,47-49,52-54H,3-21,24,27-46H2,1-2H3,(H,51,55)/b23-22-,26-25-. The van der Waals surface area contributed by atoms with Crippen LogP contribution >= 0.6 is 0 Å². The summed E-state index contributed by atoms with van der Waals surface area (Å²) in [5.74, 6) is -0.473. The molecule has 5 nitrogen and oxygen atoms in total. The Balaban J connectivity index is 3.60. The molecule has 0 aromatic carbocycles. The summed E-state index contributed by atoms with van der Waals surface area (Å²) in [4.78, 5) is 12.5. The number of nitrogens with one attached hydrogen (secondary N) is 1. The van der Waals surface area contributed by atoms with Gasteiger partial charge in [0, 0.05) is 0 Å². The second kappa shape index (κ2) is 45.5. The lowest BCUT2D eigenvalue weighted by molar-refractivity contribution is -0.131. The number of hydrogen-bond donors (Lipinski definition) is 4. The third-order valence-corrected chi connectivity index (χ3v) is 11.6. The van der Waals surface area contributed by atoms with E-state index < -0.39 is 24.2 Å². The highest BCUT2D eigenvalue weighted by atomic mass is 16.3. The normalized spacial score (nSPS) is 13.6. The largest absolute Gasteiger partial charge is 0.394 e. The zero-order valence-corrected chi connectivity index (χ0v) is 37.1. The molecule has 0 saturated heterocycles. The maximum absolute atomic E-state index is 12.5. The van der Waals surface area contributed by atoms with E-state index in [0.717, 1.165) is 38.5 Å². The van der Waals surface area contributed by atoms with Gasteiger partial charge in [-0.05, 0) is 44.9 Å². The third-order valence-electron chi connectivity index (χ3n) is 11.6. The second-order valence-corrected chi connectivity index (χ2v) is 17.0. The Morgan fingerprint density at radius 3 is 1.09 bits per heavy atom. The van der Waals surface area contributed by atoms with Crippen LogP contribution in [0.4, 0.5) is 0 Å². The van der Waals surface area contributed by atoms with E-state index in [9.17, 15) is 20.1 Å². The molecule has 0 radical (unpaired) electrons. The Bertz CT molecular complexity index is 814. The SMILES string of the molecule is CCCCCCCCCCC/C=C\C/C=C\CCCCCCCCCCC(O)C(=O)NC(CO)C(O)CCCCCCCCCCCCCCCCCCC. The molecule has 0 aromatic heterocycles. The summed E-state index contributed by atoms with van der Waals surface area (Å²) in [5.41, 5.74) is 0. The van der Waals surface area contributed by atoms with Crippen molar-refractivity contribution in [2.24, 2.45) is 0 Å². The van der Waals surface area contributed by atoms with E-state index in [0.29, 0.717) is 12.8 Å². The summed E-state index contributed by atoms with van der Waals surface area (Å²) in [7, 11) is 0. The highest BCUT2D eigenvalue weighted by Crippen LogP contribution is 2.17. The fraction of sp³-hybridized carbons (Fsp3) is 0.900. The number of aliphatic hydroxyl groups is 3. The minimum Gasteiger partial charge on any atom is -0.394 e. The minimum absolute atomic E-state index is 0.314. The van der Waals surface area contributed by atoms with Gasteiger partial charge in [-0.1, -0.05) is 244 Å². The van der Waals surface area contributed by atoms with Crippen LogP contribution in [0.25, 0.3) is 0 Å². The fourth-order valence-electron chi connectivity index (χ4n) is 7.69. The monoisotopic (exact) mass is 776 g/mol. The number of unbranched alkanes of at least 4 members (excludes halogenated alkanes) is 33. The van der Waals surface area contributed by atoms with Crippen LogP contribution in [0.3, 0.4) is 0 Å². The van der Waals surface area contributed by atoms with Gasteiger partial charge in [0.2, 0.25) is 5.91 Å². The van der Waals surface area contributed by atoms with Gasteiger partial charge in [-0.2, -0.15) is 0 Å². The average molecular weight is 776 g/mol. The van der Waals surface area contributed by atoms with Gasteiger partial charge < -0.3 is 20.6 Å². The molecule has 0 aliphatic carbocycles. The van der Waals surface area contributed by atoms with Crippen LogP contribution in [-0.2, 0) is 4.79 Å². The molecule has 0 saturated carbocycles. The van der Waals surface area contributed by atoms with Crippen molar-refractivity contribution < 1.29 is 20.1 Å². The predicted octanol–water partition coefficient (Wildman–Crippen LogP) is 14.6. The van der Waals surface area contributed by atoms with E-state index in [1.807, 2.05) is 0 Å². The fourth-order valence-corrected chi connectivity index (χ4v) is 7.69. The lowest BCUT2D eigenvalue weighted by atomic mass is 10.0. The molecule has 0 rings (SSSR count). The summed E-state index contributed by atoms with van der Waals surface area (Å²) in [5, 5.41) is 33.4. The molecule has 0 aliphatic rings. The highest BCUT2D eigenvalue weighted by molar-refractivity contribution is 5.80. The number of aliphatic hydroxyl groups excluding tert-OH is 3. The van der Waals surface area contributed by atoms with Gasteiger partial charge in [0.15, 0.2) is 0 Å². The van der Waals surface area contributed by atoms with E-state index in [-0.39, 0.29) is 6.61 Å². The number of carbonyl (C=O) groups is 1. The zero-order valence-electron chi connectivity index (χ0n) is 37.1. The van der Waals surface area contributed by atoms with E-state index in [1.165, 1.54) is 199 Å². The molecule has 0 aliphatic heterocycles.